The maximum Gasteiger partial charge on any atom is 0.318 e. The highest BCUT2D eigenvalue weighted by molar-refractivity contribution is 5.93. The third-order valence-corrected chi connectivity index (χ3v) is 5.36. The highest BCUT2D eigenvalue weighted by Crippen LogP contribution is 2.20. The highest BCUT2D eigenvalue weighted by Gasteiger charge is 2.31. The molecule has 1 unspecified atom stereocenters. The average Bonchev–Trinajstić information content (AvgIpc) is 2.57. The molecule has 0 spiro atoms. The first-order valence-electron chi connectivity index (χ1n) is 11.0. The molecule has 2 N–H and O–H groups in total. The van der Waals surface area contributed by atoms with Gasteiger partial charge >= 0.3 is 11.9 Å². The van der Waals surface area contributed by atoms with Gasteiger partial charge in [-0.25, -0.2) is 0 Å². The molecule has 4 nitrogen and oxygen atoms in total. The number of hydrogen-bond acceptors (Lipinski definition) is 2. The summed E-state index contributed by atoms with van der Waals surface area (Å²) in [6.45, 7) is 3.99. The van der Waals surface area contributed by atoms with Crippen molar-refractivity contribution >= 4 is 11.9 Å². The van der Waals surface area contributed by atoms with Gasteiger partial charge in [0, 0.05) is 0 Å². The van der Waals surface area contributed by atoms with Crippen molar-refractivity contribution in [3.8, 4) is 0 Å². The van der Waals surface area contributed by atoms with Gasteiger partial charge in [-0.15, -0.1) is 0 Å². The zero-order valence-electron chi connectivity index (χ0n) is 17.2. The first-order chi connectivity index (χ1) is 12.5. The Morgan fingerprint density at radius 2 is 0.923 bits per heavy atom. The normalized spacial score (nSPS) is 12.4. The molecule has 0 aliphatic rings. The minimum Gasteiger partial charge on any atom is -0.481 e. The summed E-state index contributed by atoms with van der Waals surface area (Å²) in [5.41, 5.74) is 0. The van der Waals surface area contributed by atoms with Gasteiger partial charge in [-0.2, -0.15) is 0 Å². The first-order valence-corrected chi connectivity index (χ1v) is 11.0. The first kappa shape index (κ1) is 24.9. The topological polar surface area (TPSA) is 74.6 Å². The largest absolute Gasteiger partial charge is 0.481 e. The van der Waals surface area contributed by atoms with Crippen LogP contribution in [-0.2, 0) is 9.59 Å². The lowest BCUT2D eigenvalue weighted by Crippen LogP contribution is -2.29. The second-order valence-electron chi connectivity index (χ2n) is 7.87. The van der Waals surface area contributed by atoms with Crippen LogP contribution in [0, 0.1) is 11.8 Å². The summed E-state index contributed by atoms with van der Waals surface area (Å²) in [4.78, 5) is 21.9. The average molecular weight is 371 g/mol. The van der Waals surface area contributed by atoms with Crippen molar-refractivity contribution < 1.29 is 19.8 Å². The summed E-state index contributed by atoms with van der Waals surface area (Å²) in [6.07, 6.45) is 20.2. The van der Waals surface area contributed by atoms with E-state index in [1.165, 1.54) is 83.5 Å². The van der Waals surface area contributed by atoms with E-state index in [9.17, 15) is 9.59 Å². The van der Waals surface area contributed by atoms with Crippen LogP contribution in [0.3, 0.4) is 0 Å². The van der Waals surface area contributed by atoms with Crippen LogP contribution < -0.4 is 0 Å². The third-order valence-electron chi connectivity index (χ3n) is 5.36. The Kier molecular flexibility index (Phi) is 16.7. The molecule has 0 radical (unpaired) electrons. The van der Waals surface area contributed by atoms with E-state index in [0.29, 0.717) is 6.42 Å². The van der Waals surface area contributed by atoms with Gasteiger partial charge in [-0.3, -0.25) is 9.59 Å². The van der Waals surface area contributed by atoms with Gasteiger partial charge in [0.05, 0.1) is 0 Å². The van der Waals surface area contributed by atoms with Crippen molar-refractivity contribution in [1.29, 1.82) is 0 Å². The predicted octanol–water partition coefficient (Wildman–Crippen LogP) is 6.67. The molecular weight excluding hydrogens is 328 g/mol. The van der Waals surface area contributed by atoms with Crippen LogP contribution in [0.25, 0.3) is 0 Å². The molecule has 4 heteroatoms. The van der Waals surface area contributed by atoms with E-state index in [4.69, 9.17) is 10.2 Å². The van der Waals surface area contributed by atoms with E-state index in [2.05, 4.69) is 6.92 Å². The molecule has 154 valence electrons. The molecule has 0 aromatic rings. The number of hydrogen-bond donors (Lipinski definition) is 2. The van der Waals surface area contributed by atoms with Crippen LogP contribution >= 0.6 is 0 Å². The van der Waals surface area contributed by atoms with Crippen LogP contribution in [0.5, 0.6) is 0 Å². The van der Waals surface area contributed by atoms with E-state index in [1.54, 1.807) is 6.92 Å². The maximum atomic E-state index is 11.0. The number of carbonyl (C=O) groups is 2. The van der Waals surface area contributed by atoms with Crippen molar-refractivity contribution in [1.82, 2.24) is 0 Å². The monoisotopic (exact) mass is 370 g/mol. The molecule has 0 aromatic carbocycles. The van der Waals surface area contributed by atoms with Crippen LogP contribution in [-0.4, -0.2) is 22.2 Å². The zero-order chi connectivity index (χ0) is 19.6. The molecule has 0 saturated carbocycles. The molecule has 0 aliphatic heterocycles. The maximum absolute atomic E-state index is 11.0. The summed E-state index contributed by atoms with van der Waals surface area (Å²) in [6, 6.07) is 0. The van der Waals surface area contributed by atoms with Gasteiger partial charge in [0.1, 0.15) is 0 Å². The Labute approximate surface area is 160 Å². The minimum absolute atomic E-state index is 0.299. The Hall–Kier alpha value is -1.06. The smallest absolute Gasteiger partial charge is 0.318 e. The molecule has 0 rings (SSSR count). The second kappa shape index (κ2) is 17.4. The molecule has 0 fully saturated rings. The predicted molar refractivity (Wildman–Crippen MR) is 107 cm³/mol. The van der Waals surface area contributed by atoms with E-state index in [0.717, 1.165) is 12.8 Å². The van der Waals surface area contributed by atoms with Gasteiger partial charge in [0.15, 0.2) is 5.92 Å². The van der Waals surface area contributed by atoms with E-state index in [1.807, 2.05) is 0 Å². The number of rotatable bonds is 19. The van der Waals surface area contributed by atoms with Crippen molar-refractivity contribution in [2.24, 2.45) is 11.8 Å². The van der Waals surface area contributed by atoms with Crippen molar-refractivity contribution in [2.45, 2.75) is 117 Å². The Bertz CT molecular complexity index is 340. The molecule has 0 saturated heterocycles. The summed E-state index contributed by atoms with van der Waals surface area (Å²) >= 11 is 0. The van der Waals surface area contributed by atoms with Crippen molar-refractivity contribution in [3.05, 3.63) is 0 Å². The van der Waals surface area contributed by atoms with Gasteiger partial charge in [0.25, 0.3) is 0 Å². The molecule has 0 bridgehead atoms. The van der Waals surface area contributed by atoms with E-state index in [-0.39, 0.29) is 5.92 Å². The summed E-state index contributed by atoms with van der Waals surface area (Å²) in [7, 11) is 0. The fraction of sp³-hybridized carbons (Fsp3) is 0.909. The van der Waals surface area contributed by atoms with Crippen LogP contribution in [0.2, 0.25) is 0 Å². The van der Waals surface area contributed by atoms with Crippen molar-refractivity contribution in [3.63, 3.8) is 0 Å². The summed E-state index contributed by atoms with van der Waals surface area (Å²) in [5.74, 6) is -3.99. The molecule has 1 atom stereocenters. The lowest BCUT2D eigenvalue weighted by Gasteiger charge is -2.15. The van der Waals surface area contributed by atoms with Crippen LogP contribution in [0.1, 0.15) is 117 Å². The number of aliphatic carboxylic acids is 2. The van der Waals surface area contributed by atoms with Gasteiger partial charge < -0.3 is 10.2 Å². The molecule has 0 amide bonds. The quantitative estimate of drug-likeness (QED) is 0.197. The highest BCUT2D eigenvalue weighted by atomic mass is 16.4. The molecule has 0 aliphatic carbocycles. The van der Waals surface area contributed by atoms with Gasteiger partial charge in [0.2, 0.25) is 0 Å². The van der Waals surface area contributed by atoms with Crippen LogP contribution in [0.15, 0.2) is 0 Å². The van der Waals surface area contributed by atoms with Gasteiger partial charge in [-0.1, -0.05) is 110 Å². The molecular formula is C22H42O4. The standard InChI is InChI=1S/C22H42O4/c1-3-4-5-6-7-8-9-10-11-12-13-14-15-16-17-18-19(2)20(21(23)24)22(25)26/h19-20H,3-18H2,1-2H3,(H,23,24)(H,25,26). The number of carboxylic acid groups (broad SMARTS) is 2. The lowest BCUT2D eigenvalue weighted by molar-refractivity contribution is -0.157. The fourth-order valence-electron chi connectivity index (χ4n) is 3.60. The summed E-state index contributed by atoms with van der Waals surface area (Å²) < 4.78 is 0. The second-order valence-corrected chi connectivity index (χ2v) is 7.87. The SMILES string of the molecule is CCCCCCCCCCCCCCCCCC(C)C(C(=O)O)C(=O)O. The fourth-order valence-corrected chi connectivity index (χ4v) is 3.60. The number of carboxylic acids is 2. The Balaban J connectivity index is 3.36. The van der Waals surface area contributed by atoms with Crippen LogP contribution in [0.4, 0.5) is 0 Å². The summed E-state index contributed by atoms with van der Waals surface area (Å²) in [5, 5.41) is 17.9. The molecule has 0 heterocycles. The van der Waals surface area contributed by atoms with E-state index >= 15 is 0 Å². The third kappa shape index (κ3) is 14.1. The van der Waals surface area contributed by atoms with Crippen molar-refractivity contribution in [2.75, 3.05) is 0 Å². The van der Waals surface area contributed by atoms with Gasteiger partial charge in [-0.05, 0) is 12.3 Å². The number of unbranched alkanes of at least 4 members (excludes halogenated alkanes) is 14. The van der Waals surface area contributed by atoms with E-state index < -0.39 is 17.9 Å². The Morgan fingerprint density at radius 3 is 1.23 bits per heavy atom. The Morgan fingerprint density at radius 1 is 0.615 bits per heavy atom. The zero-order valence-corrected chi connectivity index (χ0v) is 17.2. The minimum atomic E-state index is -1.26. The lowest BCUT2D eigenvalue weighted by atomic mass is 9.89. The molecule has 0 aromatic heterocycles. The molecule has 26 heavy (non-hydrogen) atoms.